The Kier molecular flexibility index (Phi) is 12.4. The Bertz CT molecular complexity index is 646. The van der Waals surface area contributed by atoms with Crippen LogP contribution >= 0.6 is 0 Å². The predicted octanol–water partition coefficient (Wildman–Crippen LogP) is 3.32. The monoisotopic (exact) mass is 390 g/mol. The molecule has 0 bridgehead atoms. The molecule has 1 aliphatic carbocycles. The Labute approximate surface area is 166 Å². The second kappa shape index (κ2) is 13.7. The molecule has 0 aromatic heterocycles. The van der Waals surface area contributed by atoms with E-state index in [-0.39, 0.29) is 16.9 Å². The first kappa shape index (κ1) is 25.5. The molecule has 0 aromatic rings. The van der Waals surface area contributed by atoms with E-state index in [1.54, 1.807) is 12.2 Å². The van der Waals surface area contributed by atoms with Gasteiger partial charge < -0.3 is 0 Å². The summed E-state index contributed by atoms with van der Waals surface area (Å²) in [6.45, 7) is 9.91. The van der Waals surface area contributed by atoms with Crippen molar-refractivity contribution in [1.29, 1.82) is 0 Å². The quantitative estimate of drug-likeness (QED) is 0.443. The van der Waals surface area contributed by atoms with Gasteiger partial charge in [0.2, 0.25) is 24.3 Å². The van der Waals surface area contributed by atoms with Gasteiger partial charge in [0.25, 0.3) is 0 Å². The molecule has 0 heterocycles. The highest BCUT2D eigenvalue weighted by Crippen LogP contribution is 2.47. The van der Waals surface area contributed by atoms with Gasteiger partial charge in [-0.1, -0.05) is 27.7 Å². The third-order valence-electron chi connectivity index (χ3n) is 4.78. The highest BCUT2D eigenvalue weighted by Gasteiger charge is 2.41. The van der Waals surface area contributed by atoms with Gasteiger partial charge in [-0.25, -0.2) is 39.1 Å². The number of hydrogen-bond donors (Lipinski definition) is 0. The number of isocyanates is 4. The van der Waals surface area contributed by atoms with Crippen LogP contribution in [0.4, 0.5) is 0 Å². The van der Waals surface area contributed by atoms with Crippen LogP contribution in [0.25, 0.3) is 0 Å². The van der Waals surface area contributed by atoms with Crippen molar-refractivity contribution in [1.82, 2.24) is 0 Å². The summed E-state index contributed by atoms with van der Waals surface area (Å²) in [5.41, 5.74) is 0.0561. The van der Waals surface area contributed by atoms with Crippen molar-refractivity contribution >= 4 is 24.3 Å². The van der Waals surface area contributed by atoms with Gasteiger partial charge in [0.1, 0.15) is 0 Å². The fourth-order valence-electron chi connectivity index (χ4n) is 3.89. The molecule has 1 aliphatic rings. The lowest BCUT2D eigenvalue weighted by atomic mass is 9.63. The molecule has 2 atom stereocenters. The molecule has 1 rings (SSSR count). The minimum atomic E-state index is -0.0653. The molecule has 154 valence electrons. The van der Waals surface area contributed by atoms with Crippen molar-refractivity contribution in [2.45, 2.75) is 65.8 Å². The summed E-state index contributed by atoms with van der Waals surface area (Å²) in [6.07, 6.45) is 10.5. The average molecular weight is 390 g/mol. The van der Waals surface area contributed by atoms with Gasteiger partial charge >= 0.3 is 0 Å². The molecule has 1 fully saturated rings. The van der Waals surface area contributed by atoms with Crippen molar-refractivity contribution in [2.24, 2.45) is 36.7 Å². The van der Waals surface area contributed by atoms with Crippen LogP contribution in [-0.2, 0) is 19.2 Å². The van der Waals surface area contributed by atoms with E-state index in [0.29, 0.717) is 25.6 Å². The summed E-state index contributed by atoms with van der Waals surface area (Å²) in [4.78, 5) is 54.3. The first-order chi connectivity index (χ1) is 13.2. The summed E-state index contributed by atoms with van der Waals surface area (Å²) in [5.74, 6) is 0.430. The van der Waals surface area contributed by atoms with Gasteiger partial charge in [0.05, 0.1) is 25.7 Å². The second-order valence-corrected chi connectivity index (χ2v) is 8.47. The molecule has 0 saturated heterocycles. The molecule has 0 amide bonds. The van der Waals surface area contributed by atoms with Gasteiger partial charge in [0.15, 0.2) is 0 Å². The third-order valence-corrected chi connectivity index (χ3v) is 4.78. The molecule has 28 heavy (non-hydrogen) atoms. The lowest BCUT2D eigenvalue weighted by Gasteiger charge is -2.44. The molecular formula is C20H30N4O4. The van der Waals surface area contributed by atoms with E-state index in [9.17, 15) is 19.2 Å². The van der Waals surface area contributed by atoms with E-state index < -0.39 is 0 Å². The first-order valence-corrected chi connectivity index (χ1v) is 9.40. The Morgan fingerprint density at radius 3 is 1.86 bits per heavy atom. The number of hydrogen-bond acceptors (Lipinski definition) is 8. The summed E-state index contributed by atoms with van der Waals surface area (Å²) >= 11 is 0. The van der Waals surface area contributed by atoms with Crippen molar-refractivity contribution in [3.8, 4) is 0 Å². The molecule has 0 N–H and O–H groups in total. The Balaban J connectivity index is 0.000000546. The van der Waals surface area contributed by atoms with Gasteiger partial charge in [-0.2, -0.15) is 0 Å². The lowest BCUT2D eigenvalue weighted by Crippen LogP contribution is -2.39. The highest BCUT2D eigenvalue weighted by atomic mass is 16.1. The first-order valence-electron chi connectivity index (χ1n) is 9.40. The Hall–Kier alpha value is -2.48. The van der Waals surface area contributed by atoms with Crippen LogP contribution in [0.5, 0.6) is 0 Å². The van der Waals surface area contributed by atoms with Gasteiger partial charge in [-0.05, 0) is 48.9 Å². The topological polar surface area (TPSA) is 118 Å². The van der Waals surface area contributed by atoms with E-state index in [4.69, 9.17) is 0 Å². The van der Waals surface area contributed by atoms with Crippen LogP contribution in [0.2, 0.25) is 0 Å². The fourth-order valence-corrected chi connectivity index (χ4v) is 3.89. The van der Waals surface area contributed by atoms with E-state index in [1.165, 1.54) is 12.2 Å². The molecule has 2 unspecified atom stereocenters. The van der Waals surface area contributed by atoms with E-state index in [1.807, 2.05) is 6.92 Å². The van der Waals surface area contributed by atoms with Crippen LogP contribution < -0.4 is 0 Å². The summed E-state index contributed by atoms with van der Waals surface area (Å²) in [6, 6.07) is 0.00750. The second-order valence-electron chi connectivity index (χ2n) is 8.47. The van der Waals surface area contributed by atoms with Crippen molar-refractivity contribution < 1.29 is 19.2 Å². The summed E-state index contributed by atoms with van der Waals surface area (Å²) in [5, 5.41) is 0. The van der Waals surface area contributed by atoms with Gasteiger partial charge in [-0.15, -0.1) is 0 Å². The smallest absolute Gasteiger partial charge is 0.211 e. The number of nitrogens with zero attached hydrogens (tertiary/aromatic N) is 4. The van der Waals surface area contributed by atoms with Crippen LogP contribution in [0.1, 0.15) is 59.8 Å². The van der Waals surface area contributed by atoms with Crippen LogP contribution in [0.15, 0.2) is 20.0 Å². The zero-order valence-electron chi connectivity index (χ0n) is 17.2. The predicted molar refractivity (Wildman–Crippen MR) is 105 cm³/mol. The molecule has 1 saturated carbocycles. The van der Waals surface area contributed by atoms with Crippen molar-refractivity contribution in [2.75, 3.05) is 19.6 Å². The van der Waals surface area contributed by atoms with E-state index >= 15 is 0 Å². The maximum absolute atomic E-state index is 10.3. The number of carbonyl (C=O) groups excluding carboxylic acids is 4. The Morgan fingerprint density at radius 1 is 0.857 bits per heavy atom. The Morgan fingerprint density at radius 2 is 1.39 bits per heavy atom. The average Bonchev–Trinajstić information content (AvgIpc) is 2.60. The van der Waals surface area contributed by atoms with E-state index in [2.05, 4.69) is 40.7 Å². The molecule has 0 aromatic carbocycles. The maximum Gasteiger partial charge on any atom is 0.235 e. The normalized spacial score (nSPS) is 23.2. The van der Waals surface area contributed by atoms with Crippen LogP contribution in [0, 0.1) is 16.7 Å². The fraction of sp³-hybridized carbons (Fsp3) is 0.800. The minimum Gasteiger partial charge on any atom is -0.211 e. The van der Waals surface area contributed by atoms with Crippen LogP contribution in [-0.4, -0.2) is 50.0 Å². The van der Waals surface area contributed by atoms with Crippen LogP contribution in [0.3, 0.4) is 0 Å². The highest BCUT2D eigenvalue weighted by molar-refractivity contribution is 5.34. The molecule has 8 heteroatoms. The molecule has 0 radical (unpaired) electrons. The minimum absolute atomic E-state index is 0.00750. The SMILES string of the molecule is CC(CCN=C=O)CCN=C=O.CC1(C)CC(N=C=O)CC(C)(CN=C=O)C1. The largest absolute Gasteiger partial charge is 0.235 e. The molecule has 0 aliphatic heterocycles. The third kappa shape index (κ3) is 12.0. The van der Waals surface area contributed by atoms with Crippen molar-refractivity contribution in [3.05, 3.63) is 0 Å². The molecule has 8 nitrogen and oxygen atoms in total. The summed E-state index contributed by atoms with van der Waals surface area (Å²) in [7, 11) is 0. The standard InChI is InChI=1S/C12H18N2O2.C8H12N2O2/c1-11(2)4-10(14-9-16)5-12(3,6-11)7-13-8-15;1-8(2-4-9-6-11)3-5-10-7-12/h10H,4-7H2,1-3H3;8H,2-5H2,1H3. The zero-order valence-corrected chi connectivity index (χ0v) is 17.2. The number of aliphatic imine (C=N–C) groups is 4. The molecular weight excluding hydrogens is 360 g/mol. The van der Waals surface area contributed by atoms with Crippen molar-refractivity contribution in [3.63, 3.8) is 0 Å². The lowest BCUT2D eigenvalue weighted by molar-refractivity contribution is 0.0915. The zero-order chi connectivity index (χ0) is 21.5. The maximum atomic E-state index is 10.3. The van der Waals surface area contributed by atoms with E-state index in [0.717, 1.165) is 32.1 Å². The van der Waals surface area contributed by atoms with Gasteiger partial charge in [-0.3, -0.25) is 0 Å². The number of rotatable bonds is 9. The summed E-state index contributed by atoms with van der Waals surface area (Å²) < 4.78 is 0. The molecule has 0 spiro atoms. The van der Waals surface area contributed by atoms with Gasteiger partial charge in [0, 0.05) is 0 Å².